The minimum Gasteiger partial charge on any atom is -0.354 e. The molecule has 0 radical (unpaired) electrons. The molecule has 1 fully saturated rings. The van der Waals surface area contributed by atoms with Gasteiger partial charge in [-0.15, -0.1) is 12.4 Å². The van der Waals surface area contributed by atoms with Gasteiger partial charge in [-0.25, -0.2) is 13.2 Å². The molecule has 1 aromatic rings. The van der Waals surface area contributed by atoms with E-state index in [9.17, 15) is 18.0 Å². The zero-order chi connectivity index (χ0) is 14.8. The molecule has 21 heavy (non-hydrogen) atoms. The van der Waals surface area contributed by atoms with Gasteiger partial charge in [0.1, 0.15) is 5.82 Å². The molecule has 1 atom stereocenters. The molecule has 1 aliphatic rings. The third-order valence-electron chi connectivity index (χ3n) is 3.12. The number of hydrogen-bond acceptors (Lipinski definition) is 2. The molecule has 0 bridgehead atoms. The van der Waals surface area contributed by atoms with Crippen molar-refractivity contribution >= 4 is 34.2 Å². The van der Waals surface area contributed by atoms with Crippen molar-refractivity contribution < 1.29 is 18.0 Å². The molecular formula is C13H15BrClF3N2O. The van der Waals surface area contributed by atoms with Crippen molar-refractivity contribution in [3.63, 3.8) is 0 Å². The van der Waals surface area contributed by atoms with E-state index < -0.39 is 30.8 Å². The number of rotatable bonds is 4. The van der Waals surface area contributed by atoms with E-state index >= 15 is 0 Å². The Kier molecular flexibility index (Phi) is 6.49. The first-order chi connectivity index (χ1) is 9.37. The van der Waals surface area contributed by atoms with Crippen LogP contribution in [0.15, 0.2) is 22.7 Å². The van der Waals surface area contributed by atoms with E-state index in [2.05, 4.69) is 26.6 Å². The Morgan fingerprint density at radius 2 is 2.19 bits per heavy atom. The summed E-state index contributed by atoms with van der Waals surface area (Å²) in [5.41, 5.74) is 0.850. The fourth-order valence-corrected chi connectivity index (χ4v) is 2.48. The fraction of sp³-hybridized carbons (Fsp3) is 0.462. The largest absolute Gasteiger partial charge is 0.354 e. The maximum atomic E-state index is 13.0. The van der Waals surface area contributed by atoms with E-state index in [4.69, 9.17) is 0 Å². The first-order valence-electron chi connectivity index (χ1n) is 6.20. The summed E-state index contributed by atoms with van der Waals surface area (Å²) in [5.74, 6) is -3.59. The Balaban J connectivity index is 0.00000220. The molecule has 2 N–H and O–H groups in total. The molecule has 1 amide bonds. The molecule has 0 saturated carbocycles. The number of halogens is 5. The van der Waals surface area contributed by atoms with Crippen LogP contribution in [-0.2, 0) is 11.2 Å². The zero-order valence-electron chi connectivity index (χ0n) is 11.0. The molecular weight excluding hydrogens is 373 g/mol. The topological polar surface area (TPSA) is 41.1 Å². The van der Waals surface area contributed by atoms with Crippen LogP contribution in [0.4, 0.5) is 13.2 Å². The Morgan fingerprint density at radius 1 is 1.48 bits per heavy atom. The molecule has 3 nitrogen and oxygen atoms in total. The summed E-state index contributed by atoms with van der Waals surface area (Å²) in [5, 5.41) is 5.09. The second-order valence-corrected chi connectivity index (χ2v) is 5.64. The minimum absolute atomic E-state index is 0. The van der Waals surface area contributed by atoms with E-state index in [0.717, 1.165) is 5.56 Å². The summed E-state index contributed by atoms with van der Waals surface area (Å²) >= 11 is 3.08. The van der Waals surface area contributed by atoms with Gasteiger partial charge in [-0.05, 0) is 40.0 Å². The molecule has 2 rings (SSSR count). The summed E-state index contributed by atoms with van der Waals surface area (Å²) in [6.45, 7) is -0.142. The highest BCUT2D eigenvalue weighted by Crippen LogP contribution is 2.25. The van der Waals surface area contributed by atoms with Crippen LogP contribution < -0.4 is 10.6 Å². The number of alkyl halides is 2. The summed E-state index contributed by atoms with van der Waals surface area (Å²) in [7, 11) is 0. The Labute approximate surface area is 135 Å². The number of amides is 1. The summed E-state index contributed by atoms with van der Waals surface area (Å²) < 4.78 is 39.3. The normalized spacial score (nSPS) is 19.9. The van der Waals surface area contributed by atoms with Gasteiger partial charge in [-0.2, -0.15) is 0 Å². The van der Waals surface area contributed by atoms with Crippen molar-refractivity contribution in [3.05, 3.63) is 34.1 Å². The van der Waals surface area contributed by atoms with Crippen molar-refractivity contribution in [2.75, 3.05) is 13.1 Å². The van der Waals surface area contributed by atoms with E-state index in [0.29, 0.717) is 17.4 Å². The summed E-state index contributed by atoms with van der Waals surface area (Å²) in [4.78, 5) is 11.7. The van der Waals surface area contributed by atoms with Gasteiger partial charge >= 0.3 is 0 Å². The lowest BCUT2D eigenvalue weighted by molar-refractivity contribution is -0.123. The van der Waals surface area contributed by atoms with Crippen LogP contribution in [-0.4, -0.2) is 31.0 Å². The van der Waals surface area contributed by atoms with Gasteiger partial charge in [0.25, 0.3) is 5.92 Å². The SMILES string of the molecule is Cl.O=C(NCCc1ccc(F)c(Br)c1)C1CC(F)(F)CN1. The highest BCUT2D eigenvalue weighted by molar-refractivity contribution is 9.10. The van der Waals surface area contributed by atoms with Crippen molar-refractivity contribution in [2.45, 2.75) is 24.8 Å². The van der Waals surface area contributed by atoms with Crippen LogP contribution in [0.5, 0.6) is 0 Å². The van der Waals surface area contributed by atoms with Gasteiger partial charge in [0.05, 0.1) is 17.1 Å². The second-order valence-electron chi connectivity index (χ2n) is 4.78. The molecule has 1 aromatic carbocycles. The first kappa shape index (κ1) is 18.3. The first-order valence-corrected chi connectivity index (χ1v) is 6.99. The predicted octanol–water partition coefficient (Wildman–Crippen LogP) is 2.67. The molecule has 0 aliphatic carbocycles. The lowest BCUT2D eigenvalue weighted by Gasteiger charge is -2.11. The number of carbonyl (C=O) groups excluding carboxylic acids is 1. The lowest BCUT2D eigenvalue weighted by Crippen LogP contribution is -2.41. The van der Waals surface area contributed by atoms with Gasteiger partial charge in [0, 0.05) is 13.0 Å². The quantitative estimate of drug-likeness (QED) is 0.834. The Bertz CT molecular complexity index is 516. The molecule has 0 spiro atoms. The van der Waals surface area contributed by atoms with Gasteiger partial charge < -0.3 is 5.32 Å². The smallest absolute Gasteiger partial charge is 0.262 e. The maximum Gasteiger partial charge on any atom is 0.262 e. The predicted molar refractivity (Wildman–Crippen MR) is 79.4 cm³/mol. The molecule has 118 valence electrons. The van der Waals surface area contributed by atoms with Crippen molar-refractivity contribution in [1.82, 2.24) is 10.6 Å². The second kappa shape index (κ2) is 7.47. The molecule has 0 aromatic heterocycles. The number of hydrogen-bond donors (Lipinski definition) is 2. The number of benzene rings is 1. The molecule has 8 heteroatoms. The van der Waals surface area contributed by atoms with Gasteiger partial charge in [-0.1, -0.05) is 6.07 Å². The lowest BCUT2D eigenvalue weighted by atomic mass is 10.1. The third kappa shape index (κ3) is 5.16. The van der Waals surface area contributed by atoms with Crippen molar-refractivity contribution in [2.24, 2.45) is 0 Å². The molecule has 1 saturated heterocycles. The van der Waals surface area contributed by atoms with E-state index in [-0.39, 0.29) is 18.2 Å². The third-order valence-corrected chi connectivity index (χ3v) is 3.73. The van der Waals surface area contributed by atoms with Crippen LogP contribution >= 0.6 is 28.3 Å². The average Bonchev–Trinajstić information content (AvgIpc) is 2.74. The van der Waals surface area contributed by atoms with Gasteiger partial charge in [0.2, 0.25) is 5.91 Å². The monoisotopic (exact) mass is 386 g/mol. The van der Waals surface area contributed by atoms with Crippen LogP contribution in [0.3, 0.4) is 0 Å². The maximum absolute atomic E-state index is 13.0. The average molecular weight is 388 g/mol. The van der Waals surface area contributed by atoms with E-state index in [1.807, 2.05) is 0 Å². The van der Waals surface area contributed by atoms with Crippen LogP contribution in [0.1, 0.15) is 12.0 Å². The summed E-state index contributed by atoms with van der Waals surface area (Å²) in [6, 6.07) is 3.74. The summed E-state index contributed by atoms with van der Waals surface area (Å²) in [6.07, 6.45) is 0.0364. The number of carbonyl (C=O) groups is 1. The standard InChI is InChI=1S/C13H14BrF3N2O.ClH/c14-9-5-8(1-2-10(9)15)3-4-18-12(20)11-6-13(16,17)7-19-11;/h1-2,5,11,19H,3-4,6-7H2,(H,18,20);1H. The van der Waals surface area contributed by atoms with E-state index in [1.54, 1.807) is 12.1 Å². The van der Waals surface area contributed by atoms with Gasteiger partial charge in [0.15, 0.2) is 0 Å². The minimum atomic E-state index is -2.82. The zero-order valence-corrected chi connectivity index (χ0v) is 13.4. The van der Waals surface area contributed by atoms with Crippen LogP contribution in [0.25, 0.3) is 0 Å². The Hall–Kier alpha value is -0.790. The number of nitrogens with one attached hydrogen (secondary N) is 2. The molecule has 1 unspecified atom stereocenters. The van der Waals surface area contributed by atoms with Crippen molar-refractivity contribution in [1.29, 1.82) is 0 Å². The van der Waals surface area contributed by atoms with E-state index in [1.165, 1.54) is 6.07 Å². The molecule has 1 heterocycles. The van der Waals surface area contributed by atoms with Gasteiger partial charge in [-0.3, -0.25) is 10.1 Å². The molecule has 1 aliphatic heterocycles. The Morgan fingerprint density at radius 3 is 2.76 bits per heavy atom. The van der Waals surface area contributed by atoms with Crippen LogP contribution in [0, 0.1) is 5.82 Å². The fourth-order valence-electron chi connectivity index (χ4n) is 2.05. The van der Waals surface area contributed by atoms with Crippen LogP contribution in [0.2, 0.25) is 0 Å². The van der Waals surface area contributed by atoms with Crippen molar-refractivity contribution in [3.8, 4) is 0 Å². The highest BCUT2D eigenvalue weighted by Gasteiger charge is 2.42. The highest BCUT2D eigenvalue weighted by atomic mass is 79.9.